The summed E-state index contributed by atoms with van der Waals surface area (Å²) in [6.07, 6.45) is 6.86. The smallest absolute Gasteiger partial charge is 0.262 e. The highest BCUT2D eigenvalue weighted by Gasteiger charge is 2.31. The molecule has 0 bridgehead atoms. The van der Waals surface area contributed by atoms with E-state index in [9.17, 15) is 8.42 Å². The second kappa shape index (κ2) is 8.50. The zero-order valence-electron chi connectivity index (χ0n) is 18.0. The van der Waals surface area contributed by atoms with Gasteiger partial charge in [0.15, 0.2) is 5.03 Å². The number of sulfonamides is 1. The molecule has 0 unspecified atom stereocenters. The summed E-state index contributed by atoms with van der Waals surface area (Å²) in [5, 5.41) is 0.115. The highest BCUT2D eigenvalue weighted by Crippen LogP contribution is 2.23. The van der Waals surface area contributed by atoms with Crippen LogP contribution < -0.4 is 9.80 Å². The van der Waals surface area contributed by atoms with Crippen LogP contribution >= 0.6 is 0 Å². The number of nitrogens with zero attached hydrogens (tertiary/aromatic N) is 7. The van der Waals surface area contributed by atoms with E-state index in [-0.39, 0.29) is 11.1 Å². The fourth-order valence-corrected chi connectivity index (χ4v) is 5.30. The summed E-state index contributed by atoms with van der Waals surface area (Å²) in [4.78, 5) is 18.0. The summed E-state index contributed by atoms with van der Waals surface area (Å²) in [6.45, 7) is 9.97. The second-order valence-electron chi connectivity index (χ2n) is 8.36. The molecule has 2 aliphatic heterocycles. The summed E-state index contributed by atoms with van der Waals surface area (Å²) in [6, 6.07) is 2.21. The van der Waals surface area contributed by atoms with Crippen LogP contribution in [-0.4, -0.2) is 71.5 Å². The van der Waals surface area contributed by atoms with Gasteiger partial charge in [-0.05, 0) is 40.0 Å². The van der Waals surface area contributed by atoms with Crippen LogP contribution in [0.5, 0.6) is 0 Å². The van der Waals surface area contributed by atoms with E-state index in [1.54, 1.807) is 12.5 Å². The van der Waals surface area contributed by atoms with Crippen molar-refractivity contribution >= 4 is 21.8 Å². The van der Waals surface area contributed by atoms with E-state index < -0.39 is 10.0 Å². The summed E-state index contributed by atoms with van der Waals surface area (Å²) in [7, 11) is -3.59. The molecule has 2 aromatic rings. The van der Waals surface area contributed by atoms with Gasteiger partial charge >= 0.3 is 0 Å². The third-order valence-corrected chi connectivity index (χ3v) is 7.59. The lowest BCUT2D eigenvalue weighted by molar-refractivity contribution is 0.381. The Bertz CT molecular complexity index is 975. The number of piperazine rings is 1. The maximum absolute atomic E-state index is 13.0. The van der Waals surface area contributed by atoms with Gasteiger partial charge in [0, 0.05) is 63.3 Å². The first-order valence-corrected chi connectivity index (χ1v) is 12.2. The molecule has 0 radical (unpaired) electrons. The third kappa shape index (κ3) is 4.29. The van der Waals surface area contributed by atoms with Crippen LogP contribution in [-0.2, 0) is 10.0 Å². The normalized spacial score (nSPS) is 18.9. The molecule has 0 amide bonds. The topological polar surface area (TPSA) is 87.5 Å². The molecule has 0 N–H and O–H groups in total. The van der Waals surface area contributed by atoms with Gasteiger partial charge in [-0.25, -0.2) is 18.4 Å². The Morgan fingerprint density at radius 3 is 2.27 bits per heavy atom. The number of hydrogen-bond donors (Lipinski definition) is 0. The number of imidazole rings is 1. The predicted molar refractivity (Wildman–Crippen MR) is 116 cm³/mol. The van der Waals surface area contributed by atoms with Gasteiger partial charge in [-0.15, -0.1) is 0 Å². The van der Waals surface area contributed by atoms with Crippen molar-refractivity contribution in [3.05, 3.63) is 24.3 Å². The molecule has 2 fully saturated rings. The van der Waals surface area contributed by atoms with Crippen LogP contribution in [0.3, 0.4) is 0 Å². The molecule has 9 nitrogen and oxygen atoms in total. The standard InChI is InChI=1S/C20H31N7O2S/c1-16(2)26-14-19(21-15-26)30(28,29)27-11-9-25(10-12-27)20-22-17(3)13-18(23-20)24-7-5-4-6-8-24/h13-16H,4-12H2,1-3H3. The Hall–Kier alpha value is -2.20. The number of rotatable bonds is 5. The van der Waals surface area contributed by atoms with Crippen molar-refractivity contribution < 1.29 is 8.42 Å². The van der Waals surface area contributed by atoms with E-state index in [2.05, 4.69) is 19.8 Å². The fourth-order valence-electron chi connectivity index (χ4n) is 3.96. The average Bonchev–Trinajstić information content (AvgIpc) is 3.26. The van der Waals surface area contributed by atoms with E-state index in [0.717, 1.165) is 24.6 Å². The van der Waals surface area contributed by atoms with E-state index in [1.807, 2.05) is 31.4 Å². The molecule has 4 rings (SSSR count). The van der Waals surface area contributed by atoms with Crippen LogP contribution in [0.25, 0.3) is 0 Å². The van der Waals surface area contributed by atoms with Gasteiger partial charge < -0.3 is 14.4 Å². The lowest BCUT2D eigenvalue weighted by atomic mass is 10.1. The lowest BCUT2D eigenvalue weighted by Gasteiger charge is -2.34. The second-order valence-corrected chi connectivity index (χ2v) is 10.2. The molecule has 0 aliphatic carbocycles. The quantitative estimate of drug-likeness (QED) is 0.713. The molecule has 164 valence electrons. The van der Waals surface area contributed by atoms with Crippen molar-refractivity contribution in [2.24, 2.45) is 0 Å². The summed E-state index contributed by atoms with van der Waals surface area (Å²) in [5.41, 5.74) is 0.940. The van der Waals surface area contributed by atoms with Crippen LogP contribution in [0.15, 0.2) is 23.6 Å². The molecule has 0 saturated carbocycles. The van der Waals surface area contributed by atoms with Crippen molar-refractivity contribution in [2.75, 3.05) is 49.1 Å². The van der Waals surface area contributed by atoms with Crippen molar-refractivity contribution in [2.45, 2.75) is 51.1 Å². The molecule has 2 saturated heterocycles. The maximum Gasteiger partial charge on any atom is 0.262 e. The van der Waals surface area contributed by atoms with Gasteiger partial charge in [-0.3, -0.25) is 0 Å². The van der Waals surface area contributed by atoms with Crippen molar-refractivity contribution in [1.29, 1.82) is 0 Å². The Kier molecular flexibility index (Phi) is 5.97. The molecule has 4 heterocycles. The number of aromatic nitrogens is 4. The van der Waals surface area contributed by atoms with E-state index in [0.29, 0.717) is 32.1 Å². The van der Waals surface area contributed by atoms with Gasteiger partial charge in [0.2, 0.25) is 5.95 Å². The van der Waals surface area contributed by atoms with Gasteiger partial charge in [-0.1, -0.05) is 0 Å². The van der Waals surface area contributed by atoms with E-state index in [4.69, 9.17) is 4.98 Å². The first-order chi connectivity index (χ1) is 14.3. The molecule has 10 heteroatoms. The van der Waals surface area contributed by atoms with Gasteiger partial charge in [0.1, 0.15) is 5.82 Å². The van der Waals surface area contributed by atoms with Crippen molar-refractivity contribution in [3.63, 3.8) is 0 Å². The molecule has 0 atom stereocenters. The lowest BCUT2D eigenvalue weighted by Crippen LogP contribution is -2.49. The van der Waals surface area contributed by atoms with Crippen LogP contribution in [0.2, 0.25) is 0 Å². The predicted octanol–water partition coefficient (Wildman–Crippen LogP) is 2.06. The summed E-state index contributed by atoms with van der Waals surface area (Å²) < 4.78 is 29.3. The SMILES string of the molecule is Cc1cc(N2CCCCC2)nc(N2CCN(S(=O)(=O)c3cn(C(C)C)cn3)CC2)n1. The molecule has 2 aliphatic rings. The van der Waals surface area contributed by atoms with Crippen LogP contribution in [0.4, 0.5) is 11.8 Å². The Morgan fingerprint density at radius 2 is 1.63 bits per heavy atom. The Balaban J connectivity index is 1.46. The molecule has 30 heavy (non-hydrogen) atoms. The first kappa shape index (κ1) is 21.0. The zero-order valence-corrected chi connectivity index (χ0v) is 18.8. The van der Waals surface area contributed by atoms with Crippen molar-refractivity contribution in [3.8, 4) is 0 Å². The molecule has 0 aromatic carbocycles. The summed E-state index contributed by atoms with van der Waals surface area (Å²) in [5.74, 6) is 1.67. The maximum atomic E-state index is 13.0. The largest absolute Gasteiger partial charge is 0.356 e. The van der Waals surface area contributed by atoms with Gasteiger partial charge in [0.25, 0.3) is 10.0 Å². The molecule has 2 aromatic heterocycles. The highest BCUT2D eigenvalue weighted by atomic mass is 32.2. The first-order valence-electron chi connectivity index (χ1n) is 10.7. The number of aryl methyl sites for hydroxylation is 1. The monoisotopic (exact) mass is 433 g/mol. The highest BCUT2D eigenvalue weighted by molar-refractivity contribution is 7.89. The van der Waals surface area contributed by atoms with Crippen LogP contribution in [0.1, 0.15) is 44.8 Å². The molecular formula is C20H31N7O2S. The van der Waals surface area contributed by atoms with Crippen molar-refractivity contribution in [1.82, 2.24) is 23.8 Å². The summed E-state index contributed by atoms with van der Waals surface area (Å²) >= 11 is 0. The molecule has 0 spiro atoms. The number of piperidine rings is 1. The Labute approximate surface area is 178 Å². The van der Waals surface area contributed by atoms with Gasteiger partial charge in [-0.2, -0.15) is 9.29 Å². The minimum absolute atomic E-state index is 0.115. The zero-order chi connectivity index (χ0) is 21.3. The Morgan fingerprint density at radius 1 is 0.933 bits per heavy atom. The fraction of sp³-hybridized carbons (Fsp3) is 0.650. The molecular weight excluding hydrogens is 402 g/mol. The minimum Gasteiger partial charge on any atom is -0.356 e. The third-order valence-electron chi connectivity index (χ3n) is 5.81. The minimum atomic E-state index is -3.59. The number of anilines is 2. The average molecular weight is 434 g/mol. The van der Waals surface area contributed by atoms with E-state index in [1.165, 1.54) is 23.6 Å². The van der Waals surface area contributed by atoms with Crippen LogP contribution in [0, 0.1) is 6.92 Å². The van der Waals surface area contributed by atoms with E-state index >= 15 is 0 Å². The van der Waals surface area contributed by atoms with Gasteiger partial charge in [0.05, 0.1) is 6.33 Å². The number of hydrogen-bond acceptors (Lipinski definition) is 7.